The smallest absolute Gasteiger partial charge is 0.333 e. The molecule has 0 bridgehead atoms. The molecule has 1 atom stereocenters. The minimum Gasteiger partial charge on any atom is -0.333 e. The third-order valence-electron chi connectivity index (χ3n) is 4.45. The van der Waals surface area contributed by atoms with Crippen LogP contribution in [0.1, 0.15) is 35.9 Å². The summed E-state index contributed by atoms with van der Waals surface area (Å²) in [7, 11) is 0. The Labute approximate surface area is 140 Å². The van der Waals surface area contributed by atoms with E-state index < -0.39 is 5.69 Å². The van der Waals surface area contributed by atoms with Crippen molar-refractivity contribution in [2.45, 2.75) is 32.4 Å². The number of H-pyrrole nitrogens is 2. The minimum atomic E-state index is -0.453. The van der Waals surface area contributed by atoms with Gasteiger partial charge in [0.05, 0.1) is 0 Å². The maximum Gasteiger partial charge on any atom is 0.341 e. The summed E-state index contributed by atoms with van der Waals surface area (Å²) in [6, 6.07) is 10.7. The van der Waals surface area contributed by atoms with E-state index in [4.69, 9.17) is 0 Å². The number of hydrogen-bond acceptors (Lipinski definition) is 4. The second kappa shape index (κ2) is 7.44. The molecule has 1 amide bonds. The minimum absolute atomic E-state index is 0.0896. The lowest BCUT2D eigenvalue weighted by Gasteiger charge is -2.41. The van der Waals surface area contributed by atoms with Crippen molar-refractivity contribution in [3.05, 3.63) is 52.2 Å². The van der Waals surface area contributed by atoms with Gasteiger partial charge in [0.2, 0.25) is 5.82 Å². The molecule has 7 heteroatoms. The maximum absolute atomic E-state index is 12.5. The van der Waals surface area contributed by atoms with Crippen LogP contribution in [0.25, 0.3) is 0 Å². The van der Waals surface area contributed by atoms with E-state index >= 15 is 0 Å². The van der Waals surface area contributed by atoms with Crippen molar-refractivity contribution in [3.63, 3.8) is 0 Å². The average molecular weight is 329 g/mol. The second-order valence-corrected chi connectivity index (χ2v) is 6.18. The number of piperazine rings is 1. The Morgan fingerprint density at radius 3 is 2.75 bits per heavy atom. The number of aromatic nitrogens is 3. The first-order valence-corrected chi connectivity index (χ1v) is 8.39. The predicted molar refractivity (Wildman–Crippen MR) is 90.7 cm³/mol. The molecular formula is C17H23N5O2. The van der Waals surface area contributed by atoms with E-state index in [-0.39, 0.29) is 11.7 Å². The molecule has 0 spiro atoms. The summed E-state index contributed by atoms with van der Waals surface area (Å²) in [5, 5.41) is 6.00. The van der Waals surface area contributed by atoms with Crippen molar-refractivity contribution in [2.24, 2.45) is 0 Å². The highest BCUT2D eigenvalue weighted by Crippen LogP contribution is 2.18. The van der Waals surface area contributed by atoms with Crippen molar-refractivity contribution in [2.75, 3.05) is 19.6 Å². The van der Waals surface area contributed by atoms with Gasteiger partial charge in [-0.05, 0) is 12.0 Å². The second-order valence-electron chi connectivity index (χ2n) is 6.18. The molecule has 2 N–H and O–H groups in total. The molecule has 1 aromatic carbocycles. The zero-order chi connectivity index (χ0) is 16.9. The Balaban J connectivity index is 1.68. The van der Waals surface area contributed by atoms with E-state index in [2.05, 4.69) is 51.3 Å². The largest absolute Gasteiger partial charge is 0.341 e. The van der Waals surface area contributed by atoms with Gasteiger partial charge < -0.3 is 4.90 Å². The number of nitrogens with one attached hydrogen (secondary N) is 2. The van der Waals surface area contributed by atoms with Gasteiger partial charge in [0.15, 0.2) is 0 Å². The van der Waals surface area contributed by atoms with Crippen LogP contribution in [0.5, 0.6) is 0 Å². The van der Waals surface area contributed by atoms with Gasteiger partial charge in [-0.1, -0.05) is 43.7 Å². The fraction of sp³-hybridized carbons (Fsp3) is 0.471. The molecule has 128 valence electrons. The number of nitrogens with zero attached hydrogens (tertiary/aromatic N) is 3. The summed E-state index contributed by atoms with van der Waals surface area (Å²) in [5.41, 5.74) is 0.834. The molecular weight excluding hydrogens is 306 g/mol. The molecule has 2 aromatic rings. The number of carbonyl (C=O) groups is 1. The van der Waals surface area contributed by atoms with Crippen LogP contribution in [-0.4, -0.2) is 56.6 Å². The molecule has 0 unspecified atom stereocenters. The van der Waals surface area contributed by atoms with Crippen molar-refractivity contribution in [1.82, 2.24) is 25.0 Å². The summed E-state index contributed by atoms with van der Waals surface area (Å²) < 4.78 is 0. The van der Waals surface area contributed by atoms with E-state index in [0.717, 1.165) is 25.9 Å². The molecule has 0 aliphatic carbocycles. The van der Waals surface area contributed by atoms with Gasteiger partial charge in [0.25, 0.3) is 5.91 Å². The number of benzene rings is 1. The Hall–Kier alpha value is -2.41. The monoisotopic (exact) mass is 329 g/mol. The predicted octanol–water partition coefficient (Wildman–Crippen LogP) is 1.22. The topological polar surface area (TPSA) is 85.1 Å². The maximum atomic E-state index is 12.5. The Morgan fingerprint density at radius 1 is 1.29 bits per heavy atom. The first kappa shape index (κ1) is 16.4. The first-order chi connectivity index (χ1) is 11.7. The summed E-state index contributed by atoms with van der Waals surface area (Å²) in [6.45, 7) is 5.18. The first-order valence-electron chi connectivity index (χ1n) is 8.39. The zero-order valence-electron chi connectivity index (χ0n) is 13.9. The standard InChI is InChI=1S/C17H23N5O2/c1-2-6-14-12-22(16(23)15-18-17(24)20-19-15)10-9-21(14)11-13-7-4-3-5-8-13/h3-5,7-8,14H,2,6,9-12H2,1H3,(H2,18,19,20,24)/t14-/m1/s1. The Bertz CT molecular complexity index is 724. The highest BCUT2D eigenvalue weighted by atomic mass is 16.2. The van der Waals surface area contributed by atoms with Gasteiger partial charge in [-0.15, -0.1) is 5.10 Å². The van der Waals surface area contributed by atoms with Crippen LogP contribution in [-0.2, 0) is 6.54 Å². The molecule has 0 saturated carbocycles. The van der Waals surface area contributed by atoms with Crippen molar-refractivity contribution in [3.8, 4) is 0 Å². The van der Waals surface area contributed by atoms with Gasteiger partial charge >= 0.3 is 5.69 Å². The van der Waals surface area contributed by atoms with E-state index in [9.17, 15) is 9.59 Å². The van der Waals surface area contributed by atoms with Crippen LogP contribution < -0.4 is 5.69 Å². The Kier molecular flexibility index (Phi) is 5.10. The summed E-state index contributed by atoms with van der Waals surface area (Å²) in [4.78, 5) is 30.3. The normalized spacial score (nSPS) is 18.7. The molecule has 1 aliphatic rings. The lowest BCUT2D eigenvalue weighted by molar-refractivity contribution is 0.0428. The molecule has 3 rings (SSSR count). The highest BCUT2D eigenvalue weighted by molar-refractivity contribution is 5.90. The van der Waals surface area contributed by atoms with E-state index in [1.54, 1.807) is 4.90 Å². The third kappa shape index (κ3) is 3.73. The van der Waals surface area contributed by atoms with Crippen LogP contribution in [0.4, 0.5) is 0 Å². The molecule has 24 heavy (non-hydrogen) atoms. The van der Waals surface area contributed by atoms with Crippen LogP contribution in [0.2, 0.25) is 0 Å². The van der Waals surface area contributed by atoms with E-state index in [1.165, 1.54) is 5.56 Å². The summed E-state index contributed by atoms with van der Waals surface area (Å²) in [5.74, 6) is -0.124. The van der Waals surface area contributed by atoms with Gasteiger partial charge in [-0.2, -0.15) is 0 Å². The molecule has 1 aliphatic heterocycles. The fourth-order valence-corrected chi connectivity index (χ4v) is 3.23. The van der Waals surface area contributed by atoms with Crippen molar-refractivity contribution >= 4 is 5.91 Å². The lowest BCUT2D eigenvalue weighted by atomic mass is 10.0. The number of aromatic amines is 2. The zero-order valence-corrected chi connectivity index (χ0v) is 13.9. The third-order valence-corrected chi connectivity index (χ3v) is 4.45. The van der Waals surface area contributed by atoms with Crippen LogP contribution >= 0.6 is 0 Å². The SMILES string of the molecule is CCC[C@@H]1CN(C(=O)c2n[nH]c(=O)[nH]2)CCN1Cc1ccccc1. The number of rotatable bonds is 5. The number of hydrogen-bond donors (Lipinski definition) is 2. The van der Waals surface area contributed by atoms with Gasteiger partial charge in [0.1, 0.15) is 0 Å². The molecule has 1 saturated heterocycles. The van der Waals surface area contributed by atoms with Crippen molar-refractivity contribution in [1.29, 1.82) is 0 Å². The number of amides is 1. The van der Waals surface area contributed by atoms with Gasteiger partial charge in [-0.3, -0.25) is 14.7 Å². The molecule has 0 radical (unpaired) electrons. The molecule has 2 heterocycles. The Morgan fingerprint density at radius 2 is 2.08 bits per heavy atom. The van der Waals surface area contributed by atoms with Crippen LogP contribution in [0.3, 0.4) is 0 Å². The molecule has 1 fully saturated rings. The van der Waals surface area contributed by atoms with Gasteiger partial charge in [-0.25, -0.2) is 9.89 Å². The number of carbonyl (C=O) groups excluding carboxylic acids is 1. The van der Waals surface area contributed by atoms with Crippen molar-refractivity contribution < 1.29 is 4.79 Å². The molecule has 7 nitrogen and oxygen atoms in total. The van der Waals surface area contributed by atoms with Crippen LogP contribution in [0, 0.1) is 0 Å². The van der Waals surface area contributed by atoms with E-state index in [1.807, 2.05) is 6.07 Å². The fourth-order valence-electron chi connectivity index (χ4n) is 3.23. The summed E-state index contributed by atoms with van der Waals surface area (Å²) in [6.07, 6.45) is 2.10. The summed E-state index contributed by atoms with van der Waals surface area (Å²) >= 11 is 0. The van der Waals surface area contributed by atoms with E-state index in [0.29, 0.717) is 19.1 Å². The quantitative estimate of drug-likeness (QED) is 0.864. The highest BCUT2D eigenvalue weighted by Gasteiger charge is 2.30. The molecule has 1 aromatic heterocycles. The van der Waals surface area contributed by atoms with Gasteiger partial charge in [0, 0.05) is 32.2 Å². The van der Waals surface area contributed by atoms with Crippen LogP contribution in [0.15, 0.2) is 35.1 Å². The lowest BCUT2D eigenvalue weighted by Crippen LogP contribution is -2.54. The average Bonchev–Trinajstić information content (AvgIpc) is 3.03.